The lowest BCUT2D eigenvalue weighted by atomic mass is 10.3. The zero-order valence-electron chi connectivity index (χ0n) is 6.27. The molecule has 0 bridgehead atoms. The molecule has 0 fully saturated rings. The topological polar surface area (TPSA) is 0 Å². The first-order valence-electron chi connectivity index (χ1n) is 3.33. The van der Waals surface area contributed by atoms with Crippen LogP contribution >= 0.6 is 22.7 Å². The average molecular weight is 186 g/mol. The maximum absolute atomic E-state index is 13.0. The Hall–Kier alpha value is -0.410. The molecule has 0 saturated heterocycles. The van der Waals surface area contributed by atoms with Crippen molar-refractivity contribution >= 4 is 32.1 Å². The molecule has 0 radical (unpaired) electrons. The van der Waals surface area contributed by atoms with E-state index < -0.39 is 0 Å². The van der Waals surface area contributed by atoms with Crippen LogP contribution in [0.4, 0.5) is 4.39 Å². The molecule has 11 heavy (non-hydrogen) atoms. The van der Waals surface area contributed by atoms with Gasteiger partial charge >= 0.3 is 0 Å². The molecule has 2 heterocycles. The summed E-state index contributed by atoms with van der Waals surface area (Å²) in [6.45, 7) is 3.86. The molecule has 2 aromatic rings. The minimum absolute atomic E-state index is 0.0325. The van der Waals surface area contributed by atoms with Gasteiger partial charge in [0.2, 0.25) is 0 Å². The van der Waals surface area contributed by atoms with E-state index in [1.807, 2.05) is 13.8 Å². The van der Waals surface area contributed by atoms with Crippen LogP contribution in [0.3, 0.4) is 0 Å². The van der Waals surface area contributed by atoms with E-state index >= 15 is 0 Å². The summed E-state index contributed by atoms with van der Waals surface area (Å²) in [6, 6.07) is 0. The SMILES string of the molecule is Cc1csc2c(C)c(F)sc12. The van der Waals surface area contributed by atoms with Gasteiger partial charge in [-0.1, -0.05) is 0 Å². The molecule has 0 aliphatic rings. The minimum atomic E-state index is -0.0325. The Morgan fingerprint density at radius 3 is 2.64 bits per heavy atom. The van der Waals surface area contributed by atoms with E-state index in [0.29, 0.717) is 0 Å². The van der Waals surface area contributed by atoms with E-state index in [1.54, 1.807) is 11.3 Å². The van der Waals surface area contributed by atoms with E-state index in [2.05, 4.69) is 5.38 Å². The van der Waals surface area contributed by atoms with Crippen LogP contribution in [0.2, 0.25) is 0 Å². The van der Waals surface area contributed by atoms with Crippen LogP contribution in [0.15, 0.2) is 5.38 Å². The fourth-order valence-corrected chi connectivity index (χ4v) is 3.33. The smallest absolute Gasteiger partial charge is 0.181 e. The predicted molar refractivity (Wildman–Crippen MR) is 49.1 cm³/mol. The van der Waals surface area contributed by atoms with Crippen LogP contribution in [0.1, 0.15) is 11.1 Å². The predicted octanol–water partition coefficient (Wildman–Crippen LogP) is 3.72. The third-order valence-electron chi connectivity index (χ3n) is 1.75. The van der Waals surface area contributed by atoms with Gasteiger partial charge < -0.3 is 0 Å². The molecule has 2 rings (SSSR count). The fraction of sp³-hybridized carbons (Fsp3) is 0.250. The summed E-state index contributed by atoms with van der Waals surface area (Å²) < 4.78 is 15.2. The molecule has 2 aromatic heterocycles. The Morgan fingerprint density at radius 1 is 1.27 bits per heavy atom. The second-order valence-corrected chi connectivity index (χ2v) is 4.43. The van der Waals surface area contributed by atoms with Crippen LogP contribution in [0, 0.1) is 19.0 Å². The molecule has 0 atom stereocenters. The highest BCUT2D eigenvalue weighted by Crippen LogP contribution is 2.36. The Labute approximate surface area is 72.3 Å². The number of rotatable bonds is 0. The van der Waals surface area contributed by atoms with E-state index in [9.17, 15) is 4.39 Å². The Kier molecular flexibility index (Phi) is 1.51. The van der Waals surface area contributed by atoms with Crippen molar-refractivity contribution in [1.82, 2.24) is 0 Å². The van der Waals surface area contributed by atoms with Crippen LogP contribution in [-0.2, 0) is 0 Å². The van der Waals surface area contributed by atoms with Gasteiger partial charge in [0.25, 0.3) is 0 Å². The highest BCUT2D eigenvalue weighted by molar-refractivity contribution is 7.26. The lowest BCUT2D eigenvalue weighted by Gasteiger charge is -1.79. The second-order valence-electron chi connectivity index (χ2n) is 2.58. The van der Waals surface area contributed by atoms with Crippen LogP contribution in [0.25, 0.3) is 9.40 Å². The van der Waals surface area contributed by atoms with Gasteiger partial charge in [-0.3, -0.25) is 0 Å². The molecule has 0 N–H and O–H groups in total. The Morgan fingerprint density at radius 2 is 2.00 bits per heavy atom. The third kappa shape index (κ3) is 0.914. The summed E-state index contributed by atoms with van der Waals surface area (Å²) in [5.41, 5.74) is 2.00. The molecule has 58 valence electrons. The number of hydrogen-bond donors (Lipinski definition) is 0. The van der Waals surface area contributed by atoms with E-state index in [-0.39, 0.29) is 5.13 Å². The summed E-state index contributed by atoms with van der Waals surface area (Å²) in [5.74, 6) is 0. The lowest BCUT2D eigenvalue weighted by Crippen LogP contribution is -1.65. The third-order valence-corrected chi connectivity index (χ3v) is 4.31. The summed E-state index contributed by atoms with van der Waals surface area (Å²) in [6.07, 6.45) is 0. The van der Waals surface area contributed by atoms with Crippen molar-refractivity contribution in [2.45, 2.75) is 13.8 Å². The molecule has 0 unspecified atom stereocenters. The van der Waals surface area contributed by atoms with Crippen molar-refractivity contribution in [2.24, 2.45) is 0 Å². The first-order valence-corrected chi connectivity index (χ1v) is 5.02. The zero-order valence-corrected chi connectivity index (χ0v) is 7.90. The summed E-state index contributed by atoms with van der Waals surface area (Å²) in [7, 11) is 0. The van der Waals surface area contributed by atoms with Gasteiger partial charge in [0.15, 0.2) is 5.13 Å². The summed E-state index contributed by atoms with van der Waals surface area (Å²) >= 11 is 2.89. The quantitative estimate of drug-likeness (QED) is 0.588. The van der Waals surface area contributed by atoms with Gasteiger partial charge in [-0.2, -0.15) is 4.39 Å². The molecule has 3 heteroatoms. The van der Waals surface area contributed by atoms with Gasteiger partial charge in [0, 0.05) is 5.56 Å². The molecule has 0 aromatic carbocycles. The fourth-order valence-electron chi connectivity index (χ4n) is 1.07. The molecule has 0 aliphatic heterocycles. The van der Waals surface area contributed by atoms with Crippen molar-refractivity contribution in [3.05, 3.63) is 21.6 Å². The zero-order chi connectivity index (χ0) is 8.01. The van der Waals surface area contributed by atoms with Crippen LogP contribution < -0.4 is 0 Å². The number of fused-ring (bicyclic) bond motifs is 1. The van der Waals surface area contributed by atoms with E-state index in [4.69, 9.17) is 0 Å². The van der Waals surface area contributed by atoms with Crippen LogP contribution in [0.5, 0.6) is 0 Å². The first-order chi connectivity index (χ1) is 5.20. The number of hydrogen-bond acceptors (Lipinski definition) is 2. The van der Waals surface area contributed by atoms with Crippen LogP contribution in [-0.4, -0.2) is 0 Å². The highest BCUT2D eigenvalue weighted by Gasteiger charge is 2.10. The number of halogens is 1. The number of thiophene rings is 2. The van der Waals surface area contributed by atoms with Crippen molar-refractivity contribution in [1.29, 1.82) is 0 Å². The molecule has 0 aliphatic carbocycles. The maximum atomic E-state index is 13.0. The maximum Gasteiger partial charge on any atom is 0.181 e. The van der Waals surface area contributed by atoms with Crippen molar-refractivity contribution in [2.75, 3.05) is 0 Å². The number of aryl methyl sites for hydroxylation is 2. The first kappa shape index (κ1) is 7.25. The highest BCUT2D eigenvalue weighted by atomic mass is 32.1. The van der Waals surface area contributed by atoms with Gasteiger partial charge in [-0.25, -0.2) is 0 Å². The van der Waals surface area contributed by atoms with Gasteiger partial charge in [0.1, 0.15) is 0 Å². The lowest BCUT2D eigenvalue weighted by molar-refractivity contribution is 0.650. The minimum Gasteiger partial charge on any atom is -0.195 e. The average Bonchev–Trinajstić information content (AvgIpc) is 2.43. The Bertz CT molecular complexity index is 397. The molecular weight excluding hydrogens is 179 g/mol. The van der Waals surface area contributed by atoms with Gasteiger partial charge in [-0.05, 0) is 24.8 Å². The normalized spacial score (nSPS) is 11.2. The second kappa shape index (κ2) is 2.29. The molecule has 0 nitrogen and oxygen atoms in total. The van der Waals surface area contributed by atoms with Gasteiger partial charge in [0.05, 0.1) is 9.40 Å². The Balaban J connectivity index is 2.93. The standard InChI is InChI=1S/C8H7FS2/c1-4-3-10-7-5(2)8(9)11-6(4)7/h3H,1-2H3. The van der Waals surface area contributed by atoms with Crippen molar-refractivity contribution in [3.63, 3.8) is 0 Å². The molecule has 0 saturated carbocycles. The largest absolute Gasteiger partial charge is 0.195 e. The van der Waals surface area contributed by atoms with E-state index in [1.165, 1.54) is 16.9 Å². The summed E-state index contributed by atoms with van der Waals surface area (Å²) in [4.78, 5) is 0. The molecule has 0 amide bonds. The molecular formula is C8H7FS2. The summed E-state index contributed by atoms with van der Waals surface area (Å²) in [5, 5.41) is 2.04. The van der Waals surface area contributed by atoms with Crippen molar-refractivity contribution in [3.8, 4) is 0 Å². The molecule has 0 spiro atoms. The van der Waals surface area contributed by atoms with Crippen molar-refractivity contribution < 1.29 is 4.39 Å². The van der Waals surface area contributed by atoms with Gasteiger partial charge in [-0.15, -0.1) is 22.7 Å². The monoisotopic (exact) mass is 186 g/mol. The van der Waals surface area contributed by atoms with E-state index in [0.717, 1.165) is 15.0 Å².